The van der Waals surface area contributed by atoms with Crippen molar-refractivity contribution in [1.82, 2.24) is 4.90 Å². The summed E-state index contributed by atoms with van der Waals surface area (Å²) < 4.78 is 14.2. The van der Waals surface area contributed by atoms with E-state index in [4.69, 9.17) is 11.6 Å². The minimum absolute atomic E-state index is 0.209. The van der Waals surface area contributed by atoms with Crippen LogP contribution in [0.1, 0.15) is 30.4 Å². The minimum Gasteiger partial charge on any atom is -0.289 e. The van der Waals surface area contributed by atoms with Crippen molar-refractivity contribution in [2.24, 2.45) is 0 Å². The Bertz CT molecular complexity index is 741. The molecule has 0 N–H and O–H groups in total. The van der Waals surface area contributed by atoms with E-state index in [9.17, 15) is 4.39 Å². The van der Waals surface area contributed by atoms with Gasteiger partial charge in [0, 0.05) is 29.2 Å². The molecule has 2 unspecified atom stereocenters. The summed E-state index contributed by atoms with van der Waals surface area (Å²) in [4.78, 5) is 2.56. The molecule has 2 aromatic carbocycles. The lowest BCUT2D eigenvalue weighted by molar-refractivity contribution is 0.203. The first-order valence-corrected chi connectivity index (χ1v) is 8.54. The third kappa shape index (κ3) is 2.93. The Hall–Kier alpha value is -1.64. The standard InChI is InChI=1S/C20H19ClFN/c21-16-6-9-19(20(22)12-16)15-10-17-7-8-18(11-15)23(17)13-14-4-2-1-3-5-14/h1-6,9-10,12,17-18H,7-8,11,13H2. The number of benzene rings is 2. The van der Waals surface area contributed by atoms with Gasteiger partial charge in [-0.3, -0.25) is 4.90 Å². The molecule has 2 atom stereocenters. The second-order valence-electron chi connectivity index (χ2n) is 6.48. The predicted octanol–water partition coefficient (Wildman–Crippen LogP) is 5.30. The number of fused-ring (bicyclic) bond motifs is 2. The molecule has 118 valence electrons. The number of rotatable bonds is 3. The van der Waals surface area contributed by atoms with Gasteiger partial charge in [-0.15, -0.1) is 0 Å². The van der Waals surface area contributed by atoms with Crippen molar-refractivity contribution < 1.29 is 4.39 Å². The summed E-state index contributed by atoms with van der Waals surface area (Å²) in [6, 6.07) is 16.5. The fourth-order valence-electron chi connectivity index (χ4n) is 3.91. The average Bonchev–Trinajstić information content (AvgIpc) is 2.78. The van der Waals surface area contributed by atoms with Crippen LogP contribution in [0.5, 0.6) is 0 Å². The van der Waals surface area contributed by atoms with Gasteiger partial charge in [0.2, 0.25) is 0 Å². The number of halogens is 2. The average molecular weight is 328 g/mol. The summed E-state index contributed by atoms with van der Waals surface area (Å²) in [5.74, 6) is -0.209. The molecule has 0 aromatic heterocycles. The van der Waals surface area contributed by atoms with Crippen molar-refractivity contribution in [1.29, 1.82) is 0 Å². The van der Waals surface area contributed by atoms with Gasteiger partial charge < -0.3 is 0 Å². The fraction of sp³-hybridized carbons (Fsp3) is 0.300. The highest BCUT2D eigenvalue weighted by Gasteiger charge is 2.36. The van der Waals surface area contributed by atoms with Crippen molar-refractivity contribution in [2.45, 2.75) is 37.9 Å². The Morgan fingerprint density at radius 1 is 1.09 bits per heavy atom. The van der Waals surface area contributed by atoms with E-state index in [1.54, 1.807) is 6.07 Å². The smallest absolute Gasteiger partial charge is 0.132 e. The largest absolute Gasteiger partial charge is 0.289 e. The van der Waals surface area contributed by atoms with Gasteiger partial charge in [-0.25, -0.2) is 4.39 Å². The molecule has 2 aliphatic heterocycles. The van der Waals surface area contributed by atoms with Gasteiger partial charge in [0.1, 0.15) is 5.82 Å². The van der Waals surface area contributed by atoms with Gasteiger partial charge in [-0.05, 0) is 42.5 Å². The zero-order valence-electron chi connectivity index (χ0n) is 12.9. The summed E-state index contributed by atoms with van der Waals surface area (Å²) in [6.45, 7) is 0.975. The number of hydrogen-bond donors (Lipinski definition) is 0. The van der Waals surface area contributed by atoms with E-state index in [1.165, 1.54) is 18.1 Å². The first-order chi connectivity index (χ1) is 11.2. The first-order valence-electron chi connectivity index (χ1n) is 8.16. The van der Waals surface area contributed by atoms with Crippen molar-refractivity contribution in [3.63, 3.8) is 0 Å². The van der Waals surface area contributed by atoms with Gasteiger partial charge >= 0.3 is 0 Å². The van der Waals surface area contributed by atoms with Gasteiger partial charge in [0.05, 0.1) is 0 Å². The predicted molar refractivity (Wildman–Crippen MR) is 92.8 cm³/mol. The van der Waals surface area contributed by atoms with Crippen molar-refractivity contribution >= 4 is 17.2 Å². The van der Waals surface area contributed by atoms with Gasteiger partial charge in [-0.2, -0.15) is 0 Å². The minimum atomic E-state index is -0.209. The Morgan fingerprint density at radius 2 is 1.91 bits per heavy atom. The van der Waals surface area contributed by atoms with E-state index < -0.39 is 0 Å². The molecule has 2 bridgehead atoms. The summed E-state index contributed by atoms with van der Waals surface area (Å²) in [6.07, 6.45) is 5.53. The third-order valence-electron chi connectivity index (χ3n) is 5.02. The molecule has 1 fully saturated rings. The normalized spacial score (nSPS) is 23.8. The van der Waals surface area contributed by atoms with Crippen LogP contribution in [0.3, 0.4) is 0 Å². The van der Waals surface area contributed by atoms with Crippen LogP contribution in [0.2, 0.25) is 5.02 Å². The summed E-state index contributed by atoms with van der Waals surface area (Å²) in [5, 5.41) is 0.455. The SMILES string of the molecule is Fc1cc(Cl)ccc1C1=CC2CCC(C1)N2Cc1ccccc1. The van der Waals surface area contributed by atoms with Crippen molar-refractivity contribution in [2.75, 3.05) is 0 Å². The summed E-state index contributed by atoms with van der Waals surface area (Å²) >= 11 is 5.87. The maximum absolute atomic E-state index is 14.2. The summed E-state index contributed by atoms with van der Waals surface area (Å²) in [7, 11) is 0. The third-order valence-corrected chi connectivity index (χ3v) is 5.26. The topological polar surface area (TPSA) is 3.24 Å². The van der Waals surface area contributed by atoms with E-state index in [0.717, 1.165) is 25.0 Å². The Kier molecular flexibility index (Phi) is 3.96. The van der Waals surface area contributed by atoms with E-state index in [-0.39, 0.29) is 5.82 Å². The van der Waals surface area contributed by atoms with E-state index in [1.807, 2.05) is 6.07 Å². The molecule has 3 heteroatoms. The molecule has 2 aliphatic rings. The lowest BCUT2D eigenvalue weighted by atomic mass is 9.94. The van der Waals surface area contributed by atoms with E-state index in [2.05, 4.69) is 41.3 Å². The van der Waals surface area contributed by atoms with Crippen LogP contribution in [0.4, 0.5) is 4.39 Å². The van der Waals surface area contributed by atoms with Crippen LogP contribution in [0.25, 0.3) is 5.57 Å². The van der Waals surface area contributed by atoms with Gasteiger partial charge in [-0.1, -0.05) is 54.1 Å². The van der Waals surface area contributed by atoms with Crippen molar-refractivity contribution in [3.05, 3.63) is 76.6 Å². The Balaban J connectivity index is 1.59. The maximum Gasteiger partial charge on any atom is 0.132 e. The first kappa shape index (κ1) is 14.9. The fourth-order valence-corrected chi connectivity index (χ4v) is 4.07. The zero-order valence-corrected chi connectivity index (χ0v) is 13.6. The number of nitrogens with zero attached hydrogens (tertiary/aromatic N) is 1. The number of hydrogen-bond acceptors (Lipinski definition) is 1. The van der Waals surface area contributed by atoms with Gasteiger partial charge in [0.15, 0.2) is 0 Å². The molecule has 0 radical (unpaired) electrons. The van der Waals surface area contributed by atoms with Crippen LogP contribution in [-0.4, -0.2) is 17.0 Å². The molecular weight excluding hydrogens is 309 g/mol. The van der Waals surface area contributed by atoms with Crippen LogP contribution >= 0.6 is 11.6 Å². The molecule has 1 saturated heterocycles. The van der Waals surface area contributed by atoms with Crippen LogP contribution in [0.15, 0.2) is 54.6 Å². The molecule has 1 nitrogen and oxygen atoms in total. The molecule has 2 aromatic rings. The second-order valence-corrected chi connectivity index (χ2v) is 6.91. The molecule has 4 rings (SSSR count). The molecular formula is C20H19ClFN. The van der Waals surface area contributed by atoms with Crippen LogP contribution < -0.4 is 0 Å². The molecule has 0 amide bonds. The van der Waals surface area contributed by atoms with Gasteiger partial charge in [0.25, 0.3) is 0 Å². The molecule has 23 heavy (non-hydrogen) atoms. The molecule has 0 saturated carbocycles. The van der Waals surface area contributed by atoms with Crippen LogP contribution in [0, 0.1) is 5.82 Å². The molecule has 0 aliphatic carbocycles. The highest BCUT2D eigenvalue weighted by atomic mass is 35.5. The zero-order chi connectivity index (χ0) is 15.8. The lowest BCUT2D eigenvalue weighted by Crippen LogP contribution is -2.37. The maximum atomic E-state index is 14.2. The van der Waals surface area contributed by atoms with E-state index >= 15 is 0 Å². The van der Waals surface area contributed by atoms with E-state index in [0.29, 0.717) is 22.7 Å². The Morgan fingerprint density at radius 3 is 2.65 bits per heavy atom. The summed E-state index contributed by atoms with van der Waals surface area (Å²) in [5.41, 5.74) is 3.19. The second kappa shape index (κ2) is 6.10. The highest BCUT2D eigenvalue weighted by molar-refractivity contribution is 6.30. The molecule has 2 heterocycles. The quantitative estimate of drug-likeness (QED) is 0.739. The highest BCUT2D eigenvalue weighted by Crippen LogP contribution is 2.40. The Labute approximate surface area is 141 Å². The van der Waals surface area contributed by atoms with Crippen molar-refractivity contribution in [3.8, 4) is 0 Å². The monoisotopic (exact) mass is 327 g/mol. The lowest BCUT2D eigenvalue weighted by Gasteiger charge is -2.34. The molecule has 0 spiro atoms. The van der Waals surface area contributed by atoms with Crippen LogP contribution in [-0.2, 0) is 6.54 Å².